The molecule has 4 rings (SSSR count). The Kier molecular flexibility index (Phi) is 5.54. The quantitative estimate of drug-likeness (QED) is 0.613. The van der Waals surface area contributed by atoms with Crippen molar-refractivity contribution < 1.29 is 13.2 Å². The SMILES string of the molecule is CCc1ccc(NC(=O)c2ccc3c(c2)CCN3S(=O)(=O)c2ccc(Cl)cc2)cc1. The molecule has 1 aliphatic heterocycles. The number of sulfonamides is 1. The summed E-state index contributed by atoms with van der Waals surface area (Å²) in [5.74, 6) is -0.221. The van der Waals surface area contributed by atoms with Crippen molar-refractivity contribution in [2.45, 2.75) is 24.7 Å². The minimum absolute atomic E-state index is 0.192. The van der Waals surface area contributed by atoms with E-state index in [1.54, 1.807) is 30.3 Å². The average Bonchev–Trinajstić information content (AvgIpc) is 3.18. The Morgan fingerprint density at radius 2 is 1.73 bits per heavy atom. The summed E-state index contributed by atoms with van der Waals surface area (Å²) >= 11 is 5.88. The van der Waals surface area contributed by atoms with Crippen LogP contribution in [0.25, 0.3) is 0 Å². The number of aryl methyl sites for hydroxylation is 1. The number of hydrogen-bond acceptors (Lipinski definition) is 3. The fourth-order valence-corrected chi connectivity index (χ4v) is 5.15. The van der Waals surface area contributed by atoms with Gasteiger partial charge in [0.05, 0.1) is 10.6 Å². The minimum atomic E-state index is -3.68. The van der Waals surface area contributed by atoms with E-state index in [4.69, 9.17) is 11.6 Å². The number of nitrogens with zero attached hydrogens (tertiary/aromatic N) is 1. The van der Waals surface area contributed by atoms with Crippen LogP contribution in [-0.2, 0) is 22.9 Å². The molecule has 5 nitrogen and oxygen atoms in total. The molecule has 30 heavy (non-hydrogen) atoms. The number of anilines is 2. The van der Waals surface area contributed by atoms with Crippen molar-refractivity contribution >= 4 is 38.9 Å². The number of amides is 1. The standard InChI is InChI=1S/C23H21ClN2O3S/c1-2-16-3-8-20(9-4-16)25-23(27)18-5-12-22-17(15-18)13-14-26(22)30(28,29)21-10-6-19(24)7-11-21/h3-12,15H,2,13-14H2,1H3,(H,25,27). The third kappa shape index (κ3) is 3.93. The number of benzene rings is 3. The molecular formula is C23H21ClN2O3S. The van der Waals surface area contributed by atoms with E-state index in [1.165, 1.54) is 22.0 Å². The molecule has 3 aromatic carbocycles. The number of halogens is 1. The van der Waals surface area contributed by atoms with E-state index in [2.05, 4.69) is 12.2 Å². The summed E-state index contributed by atoms with van der Waals surface area (Å²) in [6, 6.07) is 19.0. The van der Waals surface area contributed by atoms with Gasteiger partial charge in [0.2, 0.25) is 0 Å². The van der Waals surface area contributed by atoms with Gasteiger partial charge in [-0.15, -0.1) is 0 Å². The first kappa shape index (κ1) is 20.4. The highest BCUT2D eigenvalue weighted by Crippen LogP contribution is 2.34. The lowest BCUT2D eigenvalue weighted by Gasteiger charge is -2.19. The molecule has 1 heterocycles. The molecule has 0 spiro atoms. The number of fused-ring (bicyclic) bond motifs is 1. The summed E-state index contributed by atoms with van der Waals surface area (Å²) in [5.41, 5.74) is 3.87. The van der Waals surface area contributed by atoms with E-state index >= 15 is 0 Å². The molecule has 0 radical (unpaired) electrons. The van der Waals surface area contributed by atoms with Crippen LogP contribution in [0.5, 0.6) is 0 Å². The van der Waals surface area contributed by atoms with Gasteiger partial charge in [0, 0.05) is 22.8 Å². The van der Waals surface area contributed by atoms with Gasteiger partial charge in [-0.2, -0.15) is 0 Å². The van der Waals surface area contributed by atoms with Crippen molar-refractivity contribution in [3.63, 3.8) is 0 Å². The summed E-state index contributed by atoms with van der Waals surface area (Å²) in [4.78, 5) is 12.8. The number of rotatable bonds is 5. The van der Waals surface area contributed by atoms with Crippen molar-refractivity contribution in [2.24, 2.45) is 0 Å². The Morgan fingerprint density at radius 1 is 1.03 bits per heavy atom. The predicted octanol–water partition coefficient (Wildman–Crippen LogP) is 4.91. The van der Waals surface area contributed by atoms with E-state index in [-0.39, 0.29) is 10.8 Å². The number of hydrogen-bond donors (Lipinski definition) is 1. The Balaban J connectivity index is 1.55. The zero-order chi connectivity index (χ0) is 21.3. The highest BCUT2D eigenvalue weighted by Gasteiger charge is 2.31. The van der Waals surface area contributed by atoms with Crippen LogP contribution in [0.2, 0.25) is 5.02 Å². The first-order chi connectivity index (χ1) is 14.4. The second-order valence-electron chi connectivity index (χ2n) is 7.13. The van der Waals surface area contributed by atoms with E-state index in [1.807, 2.05) is 24.3 Å². The van der Waals surface area contributed by atoms with Gasteiger partial charge in [0.1, 0.15) is 0 Å². The van der Waals surface area contributed by atoms with Crippen LogP contribution >= 0.6 is 11.6 Å². The van der Waals surface area contributed by atoms with Gasteiger partial charge in [-0.05, 0) is 78.6 Å². The molecular weight excluding hydrogens is 420 g/mol. The molecule has 0 aromatic heterocycles. The highest BCUT2D eigenvalue weighted by molar-refractivity contribution is 7.92. The van der Waals surface area contributed by atoms with Gasteiger partial charge in [-0.25, -0.2) is 8.42 Å². The normalized spacial score (nSPS) is 13.2. The van der Waals surface area contributed by atoms with Gasteiger partial charge in [0.25, 0.3) is 15.9 Å². The maximum Gasteiger partial charge on any atom is 0.264 e. The lowest BCUT2D eigenvalue weighted by atomic mass is 10.1. The number of carbonyl (C=O) groups excluding carboxylic acids is 1. The first-order valence-electron chi connectivity index (χ1n) is 9.70. The minimum Gasteiger partial charge on any atom is -0.322 e. The van der Waals surface area contributed by atoms with E-state index in [0.29, 0.717) is 29.2 Å². The third-order valence-corrected chi connectivity index (χ3v) is 7.30. The molecule has 0 bridgehead atoms. The van der Waals surface area contributed by atoms with Gasteiger partial charge in [-0.1, -0.05) is 30.7 Å². The highest BCUT2D eigenvalue weighted by atomic mass is 35.5. The predicted molar refractivity (Wildman–Crippen MR) is 120 cm³/mol. The Morgan fingerprint density at radius 3 is 2.40 bits per heavy atom. The largest absolute Gasteiger partial charge is 0.322 e. The molecule has 1 amide bonds. The van der Waals surface area contributed by atoms with Gasteiger partial charge >= 0.3 is 0 Å². The van der Waals surface area contributed by atoms with Crippen LogP contribution in [0, 0.1) is 0 Å². The molecule has 1 aliphatic rings. The maximum absolute atomic E-state index is 13.0. The van der Waals surface area contributed by atoms with Crippen LogP contribution < -0.4 is 9.62 Å². The summed E-state index contributed by atoms with van der Waals surface area (Å²) in [6.07, 6.45) is 1.49. The van der Waals surface area contributed by atoms with Crippen molar-refractivity contribution in [3.05, 3.63) is 88.4 Å². The molecule has 1 N–H and O–H groups in total. The fourth-order valence-electron chi connectivity index (χ4n) is 3.52. The zero-order valence-corrected chi connectivity index (χ0v) is 18.0. The van der Waals surface area contributed by atoms with Crippen LogP contribution in [0.15, 0.2) is 71.6 Å². The molecule has 0 aliphatic carbocycles. The molecule has 7 heteroatoms. The summed E-state index contributed by atoms with van der Waals surface area (Å²) in [5, 5.41) is 3.37. The molecule has 154 valence electrons. The molecule has 0 fully saturated rings. The van der Waals surface area contributed by atoms with E-state index in [9.17, 15) is 13.2 Å². The third-order valence-electron chi connectivity index (χ3n) is 5.22. The second kappa shape index (κ2) is 8.13. The number of nitrogens with one attached hydrogen (secondary N) is 1. The maximum atomic E-state index is 13.0. The second-order valence-corrected chi connectivity index (χ2v) is 9.43. The van der Waals surface area contributed by atoms with Crippen molar-refractivity contribution in [2.75, 3.05) is 16.2 Å². The monoisotopic (exact) mass is 440 g/mol. The van der Waals surface area contributed by atoms with Gasteiger partial charge < -0.3 is 5.32 Å². The van der Waals surface area contributed by atoms with Gasteiger partial charge in [-0.3, -0.25) is 9.10 Å². The van der Waals surface area contributed by atoms with E-state index < -0.39 is 10.0 Å². The Labute approximate surface area is 181 Å². The molecule has 0 unspecified atom stereocenters. The van der Waals surface area contributed by atoms with Crippen molar-refractivity contribution in [3.8, 4) is 0 Å². The van der Waals surface area contributed by atoms with E-state index in [0.717, 1.165) is 17.7 Å². The average molecular weight is 441 g/mol. The van der Waals surface area contributed by atoms with Gasteiger partial charge in [0.15, 0.2) is 0 Å². The Bertz CT molecular complexity index is 1190. The summed E-state index contributed by atoms with van der Waals surface area (Å²) < 4.78 is 27.4. The molecule has 0 atom stereocenters. The van der Waals surface area contributed by atoms with Crippen LogP contribution in [-0.4, -0.2) is 20.9 Å². The zero-order valence-electron chi connectivity index (χ0n) is 16.4. The lowest BCUT2D eigenvalue weighted by molar-refractivity contribution is 0.102. The molecule has 0 saturated carbocycles. The Hall–Kier alpha value is -2.83. The fraction of sp³-hybridized carbons (Fsp3) is 0.174. The van der Waals surface area contributed by atoms with Crippen LogP contribution in [0.3, 0.4) is 0 Å². The molecule has 3 aromatic rings. The summed E-state index contributed by atoms with van der Waals surface area (Å²) in [7, 11) is -3.68. The molecule has 0 saturated heterocycles. The van der Waals surface area contributed by atoms with Crippen molar-refractivity contribution in [1.29, 1.82) is 0 Å². The topological polar surface area (TPSA) is 66.5 Å². The lowest BCUT2D eigenvalue weighted by Crippen LogP contribution is -2.29. The van der Waals surface area contributed by atoms with Crippen molar-refractivity contribution in [1.82, 2.24) is 0 Å². The number of carbonyl (C=O) groups is 1. The summed E-state index contributed by atoms with van der Waals surface area (Å²) in [6.45, 7) is 2.42. The van der Waals surface area contributed by atoms with Crippen LogP contribution in [0.1, 0.15) is 28.4 Å². The smallest absolute Gasteiger partial charge is 0.264 e. The van der Waals surface area contributed by atoms with Crippen LogP contribution in [0.4, 0.5) is 11.4 Å². The first-order valence-corrected chi connectivity index (χ1v) is 11.5.